The van der Waals surface area contributed by atoms with Crippen molar-refractivity contribution in [3.63, 3.8) is 0 Å². The maximum absolute atomic E-state index is 14.5. The second-order valence-electron chi connectivity index (χ2n) is 9.04. The number of esters is 1. The Morgan fingerprint density at radius 2 is 1.82 bits per heavy atom. The summed E-state index contributed by atoms with van der Waals surface area (Å²) in [5.41, 5.74) is 4.41. The summed E-state index contributed by atoms with van der Waals surface area (Å²) in [6, 6.07) is 0.822. The maximum Gasteiger partial charge on any atom is 0.324 e. The average Bonchev–Trinajstić information content (AvgIpc) is 3.13. The highest BCUT2D eigenvalue weighted by Crippen LogP contribution is 2.24. The Labute approximate surface area is 194 Å². The molecule has 0 saturated carbocycles. The second kappa shape index (κ2) is 10.8. The SMILES string of the molecule is CC(C)[C@H](N)C(=O)OCn1ccs/c1=N\C(=O)c1cc(F)c(NC(=O)CC(C)(C)C)c(F)c1. The van der Waals surface area contributed by atoms with Crippen LogP contribution in [0.15, 0.2) is 28.7 Å². The number of carbonyl (C=O) groups excluding carboxylic acids is 3. The largest absolute Gasteiger partial charge is 0.443 e. The molecule has 2 aromatic rings. The van der Waals surface area contributed by atoms with Crippen LogP contribution < -0.4 is 15.9 Å². The van der Waals surface area contributed by atoms with Crippen LogP contribution in [-0.2, 0) is 21.1 Å². The zero-order valence-corrected chi connectivity index (χ0v) is 20.0. The first kappa shape index (κ1) is 26.3. The van der Waals surface area contributed by atoms with Crippen molar-refractivity contribution in [2.45, 2.75) is 53.8 Å². The van der Waals surface area contributed by atoms with E-state index in [0.29, 0.717) is 0 Å². The van der Waals surface area contributed by atoms with Gasteiger partial charge in [-0.05, 0) is 23.5 Å². The van der Waals surface area contributed by atoms with Crippen molar-refractivity contribution in [3.8, 4) is 0 Å². The van der Waals surface area contributed by atoms with Crippen LogP contribution >= 0.6 is 11.3 Å². The van der Waals surface area contributed by atoms with E-state index in [-0.39, 0.29) is 34.8 Å². The lowest BCUT2D eigenvalue weighted by Crippen LogP contribution is -2.37. The third-order valence-electron chi connectivity index (χ3n) is 4.44. The summed E-state index contributed by atoms with van der Waals surface area (Å²) in [5, 5.41) is 3.82. The van der Waals surface area contributed by atoms with Gasteiger partial charge in [-0.25, -0.2) is 8.78 Å². The van der Waals surface area contributed by atoms with E-state index in [0.717, 1.165) is 23.5 Å². The molecular formula is C22H28F2N4O4S. The molecule has 2 rings (SSSR count). The van der Waals surface area contributed by atoms with Crippen LogP contribution in [-0.4, -0.2) is 28.4 Å². The molecule has 3 N–H and O–H groups in total. The molecule has 1 aromatic carbocycles. The van der Waals surface area contributed by atoms with Gasteiger partial charge in [0, 0.05) is 23.6 Å². The lowest BCUT2D eigenvalue weighted by molar-refractivity contribution is -0.150. The van der Waals surface area contributed by atoms with Gasteiger partial charge in [0.15, 0.2) is 23.2 Å². The van der Waals surface area contributed by atoms with E-state index < -0.39 is 41.1 Å². The number of hydrogen-bond acceptors (Lipinski definition) is 6. The smallest absolute Gasteiger partial charge is 0.324 e. The summed E-state index contributed by atoms with van der Waals surface area (Å²) in [4.78, 5) is 40.5. The van der Waals surface area contributed by atoms with E-state index in [1.54, 1.807) is 25.4 Å². The van der Waals surface area contributed by atoms with Crippen molar-refractivity contribution in [3.05, 3.63) is 45.7 Å². The van der Waals surface area contributed by atoms with Crippen LogP contribution in [0.2, 0.25) is 0 Å². The van der Waals surface area contributed by atoms with Crippen LogP contribution in [0.4, 0.5) is 14.5 Å². The summed E-state index contributed by atoms with van der Waals surface area (Å²) < 4.78 is 35.4. The topological polar surface area (TPSA) is 116 Å². The van der Waals surface area contributed by atoms with Crippen molar-refractivity contribution in [2.24, 2.45) is 22.1 Å². The molecule has 1 heterocycles. The zero-order chi connectivity index (χ0) is 24.9. The number of aromatic nitrogens is 1. The number of rotatable bonds is 7. The molecule has 0 saturated heterocycles. The summed E-state index contributed by atoms with van der Waals surface area (Å²) in [6.07, 6.45) is 1.60. The Hall–Kier alpha value is -2.92. The first-order chi connectivity index (χ1) is 15.3. The van der Waals surface area contributed by atoms with Gasteiger partial charge in [0.1, 0.15) is 11.7 Å². The monoisotopic (exact) mass is 482 g/mol. The fraction of sp³-hybridized carbons (Fsp3) is 0.455. The quantitative estimate of drug-likeness (QED) is 0.587. The average molecular weight is 483 g/mol. The Morgan fingerprint density at radius 3 is 2.36 bits per heavy atom. The number of halogens is 2. The van der Waals surface area contributed by atoms with E-state index in [1.165, 1.54) is 4.57 Å². The van der Waals surface area contributed by atoms with E-state index in [4.69, 9.17) is 10.5 Å². The van der Waals surface area contributed by atoms with Crippen LogP contribution in [0.3, 0.4) is 0 Å². The highest BCUT2D eigenvalue weighted by atomic mass is 32.1. The van der Waals surface area contributed by atoms with Gasteiger partial charge in [-0.1, -0.05) is 34.6 Å². The van der Waals surface area contributed by atoms with Gasteiger partial charge in [-0.3, -0.25) is 19.0 Å². The van der Waals surface area contributed by atoms with Gasteiger partial charge >= 0.3 is 5.97 Å². The second-order valence-corrected chi connectivity index (χ2v) is 9.91. The standard InChI is InChI=1S/C22H28F2N4O4S/c1-12(2)17(25)20(31)32-11-28-6-7-33-21(28)27-19(30)13-8-14(23)18(15(24)9-13)26-16(29)10-22(3,4)5/h6-9,12,17H,10-11,25H2,1-5H3,(H,26,29)/b27-21-/t17-/m0/s1. The molecule has 11 heteroatoms. The molecule has 0 bridgehead atoms. The van der Waals surface area contributed by atoms with Crippen molar-refractivity contribution < 1.29 is 27.9 Å². The minimum absolute atomic E-state index is 0.0624. The Bertz CT molecular complexity index is 1080. The minimum Gasteiger partial charge on any atom is -0.443 e. The van der Waals surface area contributed by atoms with Gasteiger partial charge < -0.3 is 15.8 Å². The van der Waals surface area contributed by atoms with Gasteiger partial charge in [-0.15, -0.1) is 11.3 Å². The first-order valence-electron chi connectivity index (χ1n) is 10.2. The lowest BCUT2D eigenvalue weighted by atomic mass is 9.92. The number of benzene rings is 1. The van der Waals surface area contributed by atoms with Crippen LogP contribution in [0.1, 0.15) is 51.4 Å². The number of thiazole rings is 1. The van der Waals surface area contributed by atoms with E-state index in [1.807, 2.05) is 20.8 Å². The summed E-state index contributed by atoms with van der Waals surface area (Å²) in [5.74, 6) is -4.34. The van der Waals surface area contributed by atoms with E-state index >= 15 is 0 Å². The molecule has 2 amide bonds. The Kier molecular flexibility index (Phi) is 8.62. The number of amides is 2. The van der Waals surface area contributed by atoms with Crippen LogP contribution in [0, 0.1) is 23.0 Å². The third kappa shape index (κ3) is 7.57. The summed E-state index contributed by atoms with van der Waals surface area (Å²) in [7, 11) is 0. The molecule has 180 valence electrons. The molecule has 0 unspecified atom stereocenters. The number of hydrogen-bond donors (Lipinski definition) is 2. The molecule has 1 aromatic heterocycles. The van der Waals surface area contributed by atoms with Crippen molar-refractivity contribution in [2.75, 3.05) is 5.32 Å². The van der Waals surface area contributed by atoms with Crippen molar-refractivity contribution in [1.29, 1.82) is 0 Å². The van der Waals surface area contributed by atoms with E-state index in [2.05, 4.69) is 10.3 Å². The van der Waals surface area contributed by atoms with Crippen molar-refractivity contribution in [1.82, 2.24) is 4.57 Å². The predicted molar refractivity (Wildman–Crippen MR) is 120 cm³/mol. The fourth-order valence-electron chi connectivity index (χ4n) is 2.62. The number of nitrogens with one attached hydrogen (secondary N) is 1. The lowest BCUT2D eigenvalue weighted by Gasteiger charge is -2.17. The minimum atomic E-state index is -1.09. The predicted octanol–water partition coefficient (Wildman–Crippen LogP) is 3.43. The molecule has 0 aliphatic carbocycles. The van der Waals surface area contributed by atoms with E-state index in [9.17, 15) is 23.2 Å². The molecule has 0 aliphatic heterocycles. The highest BCUT2D eigenvalue weighted by Gasteiger charge is 2.21. The molecule has 0 spiro atoms. The van der Waals surface area contributed by atoms with Gasteiger partial charge in [0.2, 0.25) is 5.91 Å². The van der Waals surface area contributed by atoms with Crippen LogP contribution in [0.25, 0.3) is 0 Å². The molecule has 33 heavy (non-hydrogen) atoms. The number of ether oxygens (including phenoxy) is 1. The number of nitrogens with zero attached hydrogens (tertiary/aromatic N) is 2. The molecular weight excluding hydrogens is 454 g/mol. The zero-order valence-electron chi connectivity index (χ0n) is 19.1. The third-order valence-corrected chi connectivity index (χ3v) is 5.23. The van der Waals surface area contributed by atoms with Gasteiger partial charge in [0.25, 0.3) is 5.91 Å². The molecule has 0 fully saturated rings. The van der Waals surface area contributed by atoms with Gasteiger partial charge in [0.05, 0.1) is 0 Å². The van der Waals surface area contributed by atoms with Gasteiger partial charge in [-0.2, -0.15) is 4.99 Å². The normalized spacial score (nSPS) is 13.2. The highest BCUT2D eigenvalue weighted by molar-refractivity contribution is 7.07. The Balaban J connectivity index is 2.19. The van der Waals surface area contributed by atoms with Crippen molar-refractivity contribution >= 4 is 34.8 Å². The maximum atomic E-state index is 14.5. The van der Waals surface area contributed by atoms with Crippen LogP contribution in [0.5, 0.6) is 0 Å². The summed E-state index contributed by atoms with van der Waals surface area (Å²) >= 11 is 1.07. The summed E-state index contributed by atoms with van der Waals surface area (Å²) in [6.45, 7) is 8.79. The number of anilines is 1. The Morgan fingerprint density at radius 1 is 1.21 bits per heavy atom. The number of nitrogens with two attached hydrogens (primary N) is 1. The fourth-order valence-corrected chi connectivity index (χ4v) is 3.33. The molecule has 0 radical (unpaired) electrons. The molecule has 8 nitrogen and oxygen atoms in total. The molecule has 1 atom stereocenters. The first-order valence-corrected chi connectivity index (χ1v) is 11.1. The molecule has 0 aliphatic rings. The number of carbonyl (C=O) groups is 3.